The quantitative estimate of drug-likeness (QED) is 0.0997. The zero-order valence-corrected chi connectivity index (χ0v) is 21.6. The summed E-state index contributed by atoms with van der Waals surface area (Å²) in [6.07, 6.45) is 0. The molecule has 1 amide bonds. The summed E-state index contributed by atoms with van der Waals surface area (Å²) >= 11 is 0. The molecule has 0 spiro atoms. The van der Waals surface area contributed by atoms with Crippen LogP contribution in [0.2, 0.25) is 0 Å². The van der Waals surface area contributed by atoms with Crippen LogP contribution in [0.5, 0.6) is 5.75 Å². The molecule has 6 N–H and O–H groups in total. The van der Waals surface area contributed by atoms with Crippen molar-refractivity contribution in [3.05, 3.63) is 51.1 Å². The van der Waals surface area contributed by atoms with E-state index in [1.54, 1.807) is 0 Å². The van der Waals surface area contributed by atoms with Crippen molar-refractivity contribution < 1.29 is 35.8 Å². The normalized spacial score (nSPS) is 12.8. The second kappa shape index (κ2) is 10.4. The van der Waals surface area contributed by atoms with Gasteiger partial charge in [-0.1, -0.05) is 0 Å². The third-order valence-corrected chi connectivity index (χ3v) is 8.15. The highest BCUT2D eigenvalue weighted by molar-refractivity contribution is 8.30. The number of benzene rings is 3. The molecule has 21 heteroatoms. The smallest absolute Gasteiger partial charge is 0.296 e. The number of carbonyl (C=O) groups is 1. The summed E-state index contributed by atoms with van der Waals surface area (Å²) in [5.74, 6) is -1.44. The number of amides is 1. The van der Waals surface area contributed by atoms with E-state index in [-0.39, 0.29) is 11.1 Å². The highest BCUT2D eigenvalue weighted by atomic mass is 32.3. The minimum absolute atomic E-state index is 0.0454. The maximum Gasteiger partial charge on any atom is 0.296 e. The molecule has 3 rings (SSSR count). The van der Waals surface area contributed by atoms with Crippen LogP contribution in [-0.4, -0.2) is 37.0 Å². The molecule has 0 bridgehead atoms. The van der Waals surface area contributed by atoms with Crippen molar-refractivity contribution in [2.45, 2.75) is 21.6 Å². The van der Waals surface area contributed by atoms with Crippen LogP contribution < -0.4 is 11.1 Å². The predicted octanol–water partition coefficient (Wildman–Crippen LogP) is 4.20. The average Bonchev–Trinajstić information content (AvgIpc) is 2.84. The SMILES string of the molecule is CC(=O)Nc1ccc(N=Nc2c(N)c(S(N=O)(N=O)N=O)cc3cc(S(=O)(=O)O)cc(O)c23)c(S(=O)(=O)O)c1. The number of rotatable bonds is 9. The summed E-state index contributed by atoms with van der Waals surface area (Å²) < 4.78 is 73.3. The molecule has 0 saturated carbocycles. The Kier molecular flexibility index (Phi) is 7.75. The molecule has 0 atom stereocenters. The van der Waals surface area contributed by atoms with Crippen LogP contribution in [0.15, 0.2) is 75.1 Å². The first-order chi connectivity index (χ1) is 18.1. The van der Waals surface area contributed by atoms with Gasteiger partial charge < -0.3 is 16.2 Å². The van der Waals surface area contributed by atoms with Gasteiger partial charge in [0, 0.05) is 32.4 Å². The summed E-state index contributed by atoms with van der Waals surface area (Å²) in [4.78, 5) is 43.1. The first-order valence-electron chi connectivity index (χ1n) is 9.82. The van der Waals surface area contributed by atoms with Gasteiger partial charge in [0.1, 0.15) is 22.0 Å². The van der Waals surface area contributed by atoms with Gasteiger partial charge in [-0.2, -0.15) is 16.8 Å². The number of anilines is 2. The summed E-state index contributed by atoms with van der Waals surface area (Å²) in [5.41, 5.74) is 4.07. The second-order valence-corrected chi connectivity index (χ2v) is 12.2. The van der Waals surface area contributed by atoms with Crippen molar-refractivity contribution in [1.29, 1.82) is 0 Å². The maximum absolute atomic E-state index is 11.9. The van der Waals surface area contributed by atoms with Gasteiger partial charge in [0.25, 0.3) is 20.2 Å². The van der Waals surface area contributed by atoms with E-state index in [4.69, 9.17) is 5.73 Å². The fourth-order valence-electron chi connectivity index (χ4n) is 3.29. The molecular formula is C18H15N7O11S3. The van der Waals surface area contributed by atoms with E-state index in [1.165, 1.54) is 6.07 Å². The first-order valence-corrected chi connectivity index (χ1v) is 14.2. The van der Waals surface area contributed by atoms with Crippen LogP contribution in [0, 0.1) is 14.7 Å². The van der Waals surface area contributed by atoms with Crippen LogP contribution in [-0.2, 0) is 25.0 Å². The van der Waals surface area contributed by atoms with Gasteiger partial charge in [-0.25, -0.2) is 0 Å². The van der Waals surface area contributed by atoms with Crippen LogP contribution in [0.4, 0.5) is 22.7 Å². The number of azo groups is 1. The minimum Gasteiger partial charge on any atom is -0.507 e. The first kappa shape index (κ1) is 29.1. The molecular weight excluding hydrogens is 586 g/mol. The minimum atomic E-state index is -4.97. The van der Waals surface area contributed by atoms with E-state index in [0.29, 0.717) is 6.07 Å². The number of nitroso groups, excluding NO2 is 3. The van der Waals surface area contributed by atoms with Gasteiger partial charge >= 0.3 is 0 Å². The molecule has 0 aliphatic rings. The second-order valence-electron chi connectivity index (χ2n) is 7.43. The van der Waals surface area contributed by atoms with E-state index < -0.39 is 79.6 Å². The molecule has 0 aliphatic carbocycles. The standard InChI is InChI=1S/C18H15N7O11S3/c1-8(26)20-10-2-3-12(14(6-10)39(34,35)36)21-22-18-16-9(4-11(7-13(16)27)38(31,32)33)5-15(17(18)19)37(23-28,24-29)25-30/h2-7,27H,19H2,1H3,(H,20,26)(H,31,32,33)(H,34,35,36). The average molecular weight is 602 g/mol. The number of carbonyl (C=O) groups excluding carboxylic acids is 1. The molecule has 0 unspecified atom stereocenters. The van der Waals surface area contributed by atoms with E-state index in [2.05, 4.69) is 29.3 Å². The van der Waals surface area contributed by atoms with Crippen molar-refractivity contribution in [2.24, 2.45) is 24.0 Å². The molecule has 3 aromatic rings. The van der Waals surface area contributed by atoms with Gasteiger partial charge in [-0.15, -0.1) is 24.9 Å². The zero-order chi connectivity index (χ0) is 29.3. The van der Waals surface area contributed by atoms with Crippen molar-refractivity contribution in [1.82, 2.24) is 0 Å². The number of phenolic OH excluding ortho intramolecular Hbond substituents is 1. The van der Waals surface area contributed by atoms with Crippen molar-refractivity contribution in [3.8, 4) is 5.75 Å². The largest absolute Gasteiger partial charge is 0.507 e. The Bertz CT molecular complexity index is 1790. The molecule has 0 aromatic heterocycles. The Morgan fingerprint density at radius 2 is 1.49 bits per heavy atom. The Balaban J connectivity index is 2.42. The van der Waals surface area contributed by atoms with Gasteiger partial charge in [-0.3, -0.25) is 13.9 Å². The Morgan fingerprint density at radius 1 is 0.872 bits per heavy atom. The molecule has 39 heavy (non-hydrogen) atoms. The lowest BCUT2D eigenvalue weighted by atomic mass is 10.1. The molecule has 0 fully saturated rings. The third kappa shape index (κ3) is 5.70. The summed E-state index contributed by atoms with van der Waals surface area (Å²) in [6, 6.07) is 5.19. The number of nitrogens with one attached hydrogen (secondary N) is 1. The van der Waals surface area contributed by atoms with Gasteiger partial charge in [-0.05, 0) is 35.7 Å². The van der Waals surface area contributed by atoms with E-state index in [1.807, 2.05) is 0 Å². The molecule has 0 heterocycles. The monoisotopic (exact) mass is 601 g/mol. The fraction of sp³-hybridized carbons (Fsp3) is 0.0556. The molecule has 0 radical (unpaired) electrons. The predicted molar refractivity (Wildman–Crippen MR) is 138 cm³/mol. The van der Waals surface area contributed by atoms with Crippen LogP contribution >= 0.6 is 10.6 Å². The molecule has 0 saturated heterocycles. The van der Waals surface area contributed by atoms with E-state index in [0.717, 1.165) is 31.2 Å². The Morgan fingerprint density at radius 3 is 2.00 bits per heavy atom. The number of phenols is 1. The van der Waals surface area contributed by atoms with Gasteiger partial charge in [0.15, 0.2) is 10.6 Å². The number of hydrogen-bond donors (Lipinski definition) is 5. The fourth-order valence-corrected chi connectivity index (χ4v) is 5.48. The summed E-state index contributed by atoms with van der Waals surface area (Å²) in [5, 5.41) is 19.5. The number of hydrogen-bond acceptors (Lipinski definition) is 15. The molecule has 206 valence electrons. The summed E-state index contributed by atoms with van der Waals surface area (Å²) in [7, 11) is -14.2. The van der Waals surface area contributed by atoms with Gasteiger partial charge in [0.05, 0.1) is 20.9 Å². The lowest BCUT2D eigenvalue weighted by Crippen LogP contribution is -2.07. The number of nitrogens with two attached hydrogens (primary N) is 1. The lowest BCUT2D eigenvalue weighted by Gasteiger charge is -2.19. The summed E-state index contributed by atoms with van der Waals surface area (Å²) in [6.45, 7) is 1.14. The highest BCUT2D eigenvalue weighted by Gasteiger charge is 2.36. The lowest BCUT2D eigenvalue weighted by molar-refractivity contribution is -0.114. The number of fused-ring (bicyclic) bond motifs is 1. The topological polar surface area (TPSA) is 297 Å². The van der Waals surface area contributed by atoms with Crippen molar-refractivity contribution in [2.75, 3.05) is 11.1 Å². The van der Waals surface area contributed by atoms with Crippen LogP contribution in [0.1, 0.15) is 6.92 Å². The Hall–Kier alpha value is -4.44. The van der Waals surface area contributed by atoms with E-state index >= 15 is 0 Å². The van der Waals surface area contributed by atoms with Crippen LogP contribution in [0.25, 0.3) is 10.8 Å². The van der Waals surface area contributed by atoms with Crippen LogP contribution in [0.3, 0.4) is 0 Å². The highest BCUT2D eigenvalue weighted by Crippen LogP contribution is 2.64. The zero-order valence-electron chi connectivity index (χ0n) is 19.1. The Labute approximate surface area is 219 Å². The van der Waals surface area contributed by atoms with Crippen molar-refractivity contribution >= 4 is 70.3 Å². The third-order valence-electron chi connectivity index (χ3n) is 4.89. The van der Waals surface area contributed by atoms with E-state index in [9.17, 15) is 50.6 Å². The number of nitrogens with zero attached hydrogens (tertiary/aromatic N) is 5. The molecule has 0 aliphatic heterocycles. The van der Waals surface area contributed by atoms with Gasteiger partial charge in [0.2, 0.25) is 5.91 Å². The van der Waals surface area contributed by atoms with Crippen molar-refractivity contribution in [3.63, 3.8) is 0 Å². The molecule has 18 nitrogen and oxygen atoms in total. The number of nitrogen functional groups attached to an aromatic ring is 1. The molecule has 3 aromatic carbocycles. The number of aromatic hydroxyl groups is 1. The maximum atomic E-state index is 11.9.